The van der Waals surface area contributed by atoms with Crippen molar-refractivity contribution in [2.24, 2.45) is 11.7 Å². The molecule has 0 aliphatic carbocycles. The molecule has 0 spiro atoms. The SMILES string of the molecule is CS(=O)(=O)N1CCN(C(=O)[C@@H]2C[C@H](N3CCCCC3=O)CN(S(=O)(=O)c3cc(CN)ccn3)C2)CC1. The van der Waals surface area contributed by atoms with Gasteiger partial charge in [0.2, 0.25) is 21.8 Å². The minimum absolute atomic E-state index is 0.0262. The molecular formula is C22H34N6O6S2. The fraction of sp³-hybridized carbons (Fsp3) is 0.682. The topological polar surface area (TPSA) is 154 Å². The lowest BCUT2D eigenvalue weighted by Gasteiger charge is -2.44. The number of piperazine rings is 1. The fourth-order valence-corrected chi connectivity index (χ4v) is 7.53. The Balaban J connectivity index is 1.58. The monoisotopic (exact) mass is 542 g/mol. The maximum atomic E-state index is 13.6. The molecule has 0 aromatic carbocycles. The highest BCUT2D eigenvalue weighted by atomic mass is 32.2. The van der Waals surface area contributed by atoms with Gasteiger partial charge in [-0.3, -0.25) is 9.59 Å². The van der Waals surface area contributed by atoms with E-state index < -0.39 is 32.0 Å². The highest BCUT2D eigenvalue weighted by Crippen LogP contribution is 2.29. The van der Waals surface area contributed by atoms with Gasteiger partial charge in [-0.2, -0.15) is 8.61 Å². The Morgan fingerprint density at radius 1 is 1.06 bits per heavy atom. The number of pyridine rings is 1. The van der Waals surface area contributed by atoms with Crippen molar-refractivity contribution >= 4 is 31.9 Å². The van der Waals surface area contributed by atoms with Crippen molar-refractivity contribution in [3.05, 3.63) is 23.9 Å². The van der Waals surface area contributed by atoms with Crippen LogP contribution in [-0.2, 0) is 36.2 Å². The van der Waals surface area contributed by atoms with Gasteiger partial charge in [0.15, 0.2) is 5.03 Å². The standard InChI is InChI=1S/C22H34N6O6S2/c1-35(31,32)26-10-8-25(9-11-26)22(30)18-13-19(28-7-3-2-4-21(28)29)16-27(15-18)36(33,34)20-12-17(14-23)5-6-24-20/h5-6,12,18-19H,2-4,7-11,13-16,23H2,1H3/t18-,19+/m1/s1. The molecule has 3 aliphatic heterocycles. The summed E-state index contributed by atoms with van der Waals surface area (Å²) in [5.74, 6) is -0.904. The zero-order chi connectivity index (χ0) is 26.1. The third-order valence-corrected chi connectivity index (χ3v) is 10.2. The van der Waals surface area contributed by atoms with Gasteiger partial charge in [-0.05, 0) is 37.0 Å². The van der Waals surface area contributed by atoms with Gasteiger partial charge in [0, 0.05) is 71.0 Å². The first-order chi connectivity index (χ1) is 17.0. The molecule has 2 atom stereocenters. The van der Waals surface area contributed by atoms with Crippen molar-refractivity contribution in [1.82, 2.24) is 23.4 Å². The van der Waals surface area contributed by atoms with Crippen LogP contribution in [0.3, 0.4) is 0 Å². The van der Waals surface area contributed by atoms with Crippen LogP contribution < -0.4 is 5.73 Å². The summed E-state index contributed by atoms with van der Waals surface area (Å²) in [5.41, 5.74) is 6.31. The van der Waals surface area contributed by atoms with E-state index >= 15 is 0 Å². The predicted molar refractivity (Wildman–Crippen MR) is 131 cm³/mol. The zero-order valence-electron chi connectivity index (χ0n) is 20.5. The van der Waals surface area contributed by atoms with E-state index in [2.05, 4.69) is 4.98 Å². The van der Waals surface area contributed by atoms with Gasteiger partial charge in [-0.15, -0.1) is 0 Å². The van der Waals surface area contributed by atoms with Crippen molar-refractivity contribution < 1.29 is 26.4 Å². The number of carbonyl (C=O) groups excluding carboxylic acids is 2. The van der Waals surface area contributed by atoms with Crippen LogP contribution >= 0.6 is 0 Å². The van der Waals surface area contributed by atoms with Crippen LogP contribution in [0, 0.1) is 5.92 Å². The lowest BCUT2D eigenvalue weighted by Crippen LogP contribution is -2.59. The van der Waals surface area contributed by atoms with Crippen LogP contribution in [0.5, 0.6) is 0 Å². The van der Waals surface area contributed by atoms with E-state index in [1.54, 1.807) is 15.9 Å². The Kier molecular flexibility index (Phi) is 8.00. The van der Waals surface area contributed by atoms with Crippen LogP contribution in [0.15, 0.2) is 23.4 Å². The first kappa shape index (κ1) is 26.9. The molecule has 2 N–H and O–H groups in total. The van der Waals surface area contributed by atoms with Crippen LogP contribution in [-0.4, -0.2) is 110 Å². The molecule has 2 amide bonds. The van der Waals surface area contributed by atoms with E-state index in [1.807, 2.05) is 0 Å². The van der Waals surface area contributed by atoms with E-state index in [-0.39, 0.29) is 62.7 Å². The summed E-state index contributed by atoms with van der Waals surface area (Å²) in [6.07, 6.45) is 4.94. The summed E-state index contributed by atoms with van der Waals surface area (Å²) in [4.78, 5) is 33.6. The number of aromatic nitrogens is 1. The average molecular weight is 543 g/mol. The number of nitrogens with zero attached hydrogens (tertiary/aromatic N) is 5. The molecule has 3 aliphatic rings. The fourth-order valence-electron chi connectivity index (χ4n) is 5.20. The van der Waals surface area contributed by atoms with Gasteiger partial charge in [0.1, 0.15) is 0 Å². The maximum absolute atomic E-state index is 13.6. The maximum Gasteiger partial charge on any atom is 0.260 e. The Hall–Kier alpha value is -2.13. The largest absolute Gasteiger partial charge is 0.340 e. The number of piperidine rings is 2. The van der Waals surface area contributed by atoms with Gasteiger partial charge >= 0.3 is 0 Å². The van der Waals surface area contributed by atoms with Crippen molar-refractivity contribution in [2.75, 3.05) is 52.1 Å². The van der Waals surface area contributed by atoms with Gasteiger partial charge in [0.25, 0.3) is 10.0 Å². The Labute approximate surface area is 212 Å². The third-order valence-electron chi connectivity index (χ3n) is 7.20. The van der Waals surface area contributed by atoms with Gasteiger partial charge in [-0.25, -0.2) is 21.8 Å². The highest BCUT2D eigenvalue weighted by Gasteiger charge is 2.43. The van der Waals surface area contributed by atoms with Gasteiger partial charge < -0.3 is 15.5 Å². The number of carbonyl (C=O) groups is 2. The molecule has 12 nitrogen and oxygen atoms in total. The van der Waals surface area contributed by atoms with Crippen LogP contribution in [0.2, 0.25) is 0 Å². The molecule has 3 fully saturated rings. The zero-order valence-corrected chi connectivity index (χ0v) is 22.1. The molecule has 1 aromatic heterocycles. The molecule has 0 saturated carbocycles. The molecule has 4 rings (SSSR count). The number of rotatable bonds is 6. The Bertz CT molecular complexity index is 1200. The molecule has 36 heavy (non-hydrogen) atoms. The van der Waals surface area contributed by atoms with Crippen molar-refractivity contribution in [1.29, 1.82) is 0 Å². The minimum Gasteiger partial charge on any atom is -0.340 e. The van der Waals surface area contributed by atoms with E-state index in [0.29, 0.717) is 24.9 Å². The molecule has 200 valence electrons. The molecule has 0 bridgehead atoms. The first-order valence-corrected chi connectivity index (χ1v) is 15.5. The normalized spacial score (nSPS) is 25.2. The van der Waals surface area contributed by atoms with Crippen molar-refractivity contribution in [3.8, 4) is 0 Å². The lowest BCUT2D eigenvalue weighted by molar-refractivity contribution is -0.143. The summed E-state index contributed by atoms with van der Waals surface area (Å²) in [6.45, 7) is 1.63. The predicted octanol–water partition coefficient (Wildman–Crippen LogP) is -0.964. The Morgan fingerprint density at radius 3 is 2.42 bits per heavy atom. The van der Waals surface area contributed by atoms with E-state index in [1.165, 1.54) is 20.9 Å². The lowest BCUT2D eigenvalue weighted by atomic mass is 9.92. The number of sulfonamides is 2. The quantitative estimate of drug-likeness (QED) is 0.482. The third kappa shape index (κ3) is 5.72. The number of hydrogen-bond donors (Lipinski definition) is 1. The molecule has 0 radical (unpaired) electrons. The van der Waals surface area contributed by atoms with E-state index in [0.717, 1.165) is 19.1 Å². The number of hydrogen-bond acceptors (Lipinski definition) is 8. The number of amides is 2. The summed E-state index contributed by atoms with van der Waals surface area (Å²) in [6, 6.07) is 2.66. The molecule has 14 heteroatoms. The van der Waals surface area contributed by atoms with Crippen LogP contribution in [0.1, 0.15) is 31.2 Å². The highest BCUT2D eigenvalue weighted by molar-refractivity contribution is 7.89. The van der Waals surface area contributed by atoms with Crippen LogP contribution in [0.4, 0.5) is 0 Å². The van der Waals surface area contributed by atoms with Gasteiger partial charge in [-0.1, -0.05) is 0 Å². The molecule has 0 unspecified atom stereocenters. The van der Waals surface area contributed by atoms with E-state index in [4.69, 9.17) is 5.73 Å². The van der Waals surface area contributed by atoms with Crippen LogP contribution in [0.25, 0.3) is 0 Å². The number of nitrogens with two attached hydrogens (primary N) is 1. The van der Waals surface area contributed by atoms with Gasteiger partial charge in [0.05, 0.1) is 12.2 Å². The van der Waals surface area contributed by atoms with Crippen molar-refractivity contribution in [2.45, 2.75) is 43.3 Å². The van der Waals surface area contributed by atoms with E-state index in [9.17, 15) is 26.4 Å². The second-order valence-electron chi connectivity index (χ2n) is 9.65. The smallest absolute Gasteiger partial charge is 0.260 e. The second-order valence-corrected chi connectivity index (χ2v) is 13.5. The summed E-state index contributed by atoms with van der Waals surface area (Å²) in [5, 5.41) is -0.135. The van der Waals surface area contributed by atoms with Crippen molar-refractivity contribution in [3.63, 3.8) is 0 Å². The first-order valence-electron chi connectivity index (χ1n) is 12.2. The number of likely N-dealkylation sites (tertiary alicyclic amines) is 1. The second kappa shape index (κ2) is 10.7. The summed E-state index contributed by atoms with van der Waals surface area (Å²) in [7, 11) is -7.38. The molecular weight excluding hydrogens is 508 g/mol. The minimum atomic E-state index is -4.04. The molecule has 3 saturated heterocycles. The molecule has 4 heterocycles. The summed E-state index contributed by atoms with van der Waals surface area (Å²) >= 11 is 0. The Morgan fingerprint density at radius 2 is 1.78 bits per heavy atom. The summed E-state index contributed by atoms with van der Waals surface area (Å²) < 4.78 is 53.5. The molecule has 1 aromatic rings. The average Bonchev–Trinajstić information content (AvgIpc) is 2.88.